The van der Waals surface area contributed by atoms with Crippen molar-refractivity contribution in [3.63, 3.8) is 0 Å². The summed E-state index contributed by atoms with van der Waals surface area (Å²) in [6.07, 6.45) is 5.93. The Hall–Kier alpha value is -0.260. The van der Waals surface area contributed by atoms with Crippen molar-refractivity contribution in [2.45, 2.75) is 49.3 Å². The summed E-state index contributed by atoms with van der Waals surface area (Å²) >= 11 is 16.8. The number of alkyl halides is 3. The second-order valence-corrected chi connectivity index (χ2v) is 8.63. The second-order valence-electron chi connectivity index (χ2n) is 6.35. The minimum absolute atomic E-state index is 0.0209. The van der Waals surface area contributed by atoms with Gasteiger partial charge in [0.25, 0.3) is 3.79 Å². The van der Waals surface area contributed by atoms with Crippen molar-refractivity contribution in [1.29, 1.82) is 5.41 Å². The van der Waals surface area contributed by atoms with E-state index in [9.17, 15) is 0 Å². The molecule has 0 aromatic rings. The zero-order valence-electron chi connectivity index (χ0n) is 13.5. The van der Waals surface area contributed by atoms with Crippen LogP contribution in [0, 0.1) is 11.3 Å². The summed E-state index contributed by atoms with van der Waals surface area (Å²) in [5, 5.41) is 7.55. The number of rotatable bonds is 3. The maximum absolute atomic E-state index is 7.55. The van der Waals surface area contributed by atoms with Crippen molar-refractivity contribution in [3.05, 3.63) is 23.3 Å². The van der Waals surface area contributed by atoms with Crippen LogP contribution >= 0.6 is 34.8 Å². The first-order valence-electron chi connectivity index (χ1n) is 7.53. The SMILES string of the molecule is CC1=CC/C(=C\COC(=N)C(Cl)(Cl)Cl)[C@@H]([C@H]2COC(C)(C)O2)C1. The molecule has 7 heteroatoms. The van der Waals surface area contributed by atoms with Gasteiger partial charge in [0.1, 0.15) is 6.61 Å². The van der Waals surface area contributed by atoms with Crippen LogP contribution in [0.2, 0.25) is 0 Å². The second kappa shape index (κ2) is 7.32. The van der Waals surface area contributed by atoms with Gasteiger partial charge in [0.2, 0.25) is 5.90 Å². The molecular weight excluding hydrogens is 361 g/mol. The van der Waals surface area contributed by atoms with Crippen LogP contribution in [0.15, 0.2) is 23.3 Å². The van der Waals surface area contributed by atoms with Crippen molar-refractivity contribution in [3.8, 4) is 0 Å². The van der Waals surface area contributed by atoms with Crippen molar-refractivity contribution < 1.29 is 14.2 Å². The third-order valence-electron chi connectivity index (χ3n) is 4.01. The van der Waals surface area contributed by atoms with Crippen LogP contribution in [0.25, 0.3) is 0 Å². The van der Waals surface area contributed by atoms with Gasteiger partial charge in [-0.1, -0.05) is 52.0 Å². The predicted molar refractivity (Wildman–Crippen MR) is 93.4 cm³/mol. The fourth-order valence-corrected chi connectivity index (χ4v) is 3.00. The lowest BCUT2D eigenvalue weighted by atomic mass is 9.81. The molecule has 0 aromatic carbocycles. The third kappa shape index (κ3) is 5.36. The summed E-state index contributed by atoms with van der Waals surface area (Å²) in [6, 6.07) is 0. The molecule has 2 atom stereocenters. The molecule has 4 nitrogen and oxygen atoms in total. The highest BCUT2D eigenvalue weighted by Crippen LogP contribution is 2.37. The molecule has 2 rings (SSSR count). The van der Waals surface area contributed by atoms with E-state index in [4.69, 9.17) is 54.4 Å². The van der Waals surface area contributed by atoms with E-state index in [0.717, 1.165) is 12.8 Å². The summed E-state index contributed by atoms with van der Waals surface area (Å²) in [6.45, 7) is 6.75. The van der Waals surface area contributed by atoms with Gasteiger partial charge in [-0.05, 0) is 39.7 Å². The molecule has 1 fully saturated rings. The Kier molecular flexibility index (Phi) is 6.07. The number of ether oxygens (including phenoxy) is 3. The first-order valence-corrected chi connectivity index (χ1v) is 8.67. The van der Waals surface area contributed by atoms with Crippen LogP contribution < -0.4 is 0 Å². The van der Waals surface area contributed by atoms with Gasteiger partial charge in [0.15, 0.2) is 5.79 Å². The molecule has 0 amide bonds. The molecule has 0 unspecified atom stereocenters. The van der Waals surface area contributed by atoms with Gasteiger partial charge >= 0.3 is 0 Å². The molecule has 0 saturated carbocycles. The van der Waals surface area contributed by atoms with E-state index >= 15 is 0 Å². The predicted octanol–water partition coefficient (Wildman–Crippen LogP) is 4.78. The standard InChI is InChI=1S/C16H22Cl3NO3/c1-10-4-5-11(6-7-21-14(20)16(17,18)19)12(8-10)13-9-22-15(2,3)23-13/h4,6,12-13,20H,5,7-9H2,1-3H3/b11-6+,20-14?/t12-,13+/m0/s1. The molecule has 23 heavy (non-hydrogen) atoms. The summed E-state index contributed by atoms with van der Waals surface area (Å²) in [5.41, 5.74) is 2.55. The molecule has 1 aliphatic carbocycles. The number of nitrogens with one attached hydrogen (secondary N) is 1. The Morgan fingerprint density at radius 3 is 2.74 bits per heavy atom. The smallest absolute Gasteiger partial charge is 0.265 e. The summed E-state index contributed by atoms with van der Waals surface area (Å²) in [7, 11) is 0. The Labute approximate surface area is 152 Å². The molecule has 0 radical (unpaired) electrons. The van der Waals surface area contributed by atoms with Crippen molar-refractivity contribution in [2.75, 3.05) is 13.2 Å². The molecule has 0 bridgehead atoms. The van der Waals surface area contributed by atoms with Gasteiger partial charge < -0.3 is 14.2 Å². The molecular formula is C16H22Cl3NO3. The number of allylic oxidation sites excluding steroid dienone is 2. The Morgan fingerprint density at radius 2 is 2.17 bits per heavy atom. The summed E-state index contributed by atoms with van der Waals surface area (Å²) in [5.74, 6) is -0.675. The summed E-state index contributed by atoms with van der Waals surface area (Å²) < 4.78 is 15.1. The number of hydrogen-bond donors (Lipinski definition) is 1. The van der Waals surface area contributed by atoms with Gasteiger partial charge in [0.05, 0.1) is 12.7 Å². The fraction of sp³-hybridized carbons (Fsp3) is 0.688. The van der Waals surface area contributed by atoms with Gasteiger partial charge in [-0.25, -0.2) is 0 Å². The van der Waals surface area contributed by atoms with Crippen LogP contribution in [-0.2, 0) is 14.2 Å². The molecule has 130 valence electrons. The van der Waals surface area contributed by atoms with Crippen LogP contribution in [-0.4, -0.2) is 34.8 Å². The Bertz CT molecular complexity index is 523. The zero-order valence-corrected chi connectivity index (χ0v) is 15.8. The first kappa shape index (κ1) is 19.1. The highest BCUT2D eigenvalue weighted by atomic mass is 35.6. The van der Waals surface area contributed by atoms with Gasteiger partial charge in [-0.2, -0.15) is 0 Å². The Balaban J connectivity index is 2.03. The molecule has 0 spiro atoms. The fourth-order valence-electron chi connectivity index (χ4n) is 2.84. The van der Waals surface area contributed by atoms with E-state index < -0.39 is 9.58 Å². The Morgan fingerprint density at radius 1 is 1.48 bits per heavy atom. The molecule has 1 aliphatic heterocycles. The van der Waals surface area contributed by atoms with Crippen molar-refractivity contribution in [2.24, 2.45) is 5.92 Å². The van der Waals surface area contributed by atoms with Gasteiger partial charge in [0, 0.05) is 5.92 Å². The lowest BCUT2D eigenvalue weighted by molar-refractivity contribution is -0.142. The molecule has 1 heterocycles. The maximum Gasteiger partial charge on any atom is 0.265 e. The zero-order chi connectivity index (χ0) is 17.3. The van der Waals surface area contributed by atoms with Crippen LogP contribution in [0.3, 0.4) is 0 Å². The van der Waals surface area contributed by atoms with E-state index in [2.05, 4.69) is 13.0 Å². The third-order valence-corrected chi connectivity index (χ3v) is 4.53. The number of halogens is 3. The quantitative estimate of drug-likeness (QED) is 0.330. The molecule has 0 aromatic heterocycles. The average molecular weight is 383 g/mol. The average Bonchev–Trinajstić information content (AvgIpc) is 2.79. The van der Waals surface area contributed by atoms with Crippen LogP contribution in [0.1, 0.15) is 33.6 Å². The molecule has 1 N–H and O–H groups in total. The minimum Gasteiger partial charge on any atom is -0.474 e. The monoisotopic (exact) mass is 381 g/mol. The first-order chi connectivity index (χ1) is 10.6. The summed E-state index contributed by atoms with van der Waals surface area (Å²) in [4.78, 5) is 0. The van der Waals surface area contributed by atoms with E-state index in [1.54, 1.807) is 0 Å². The minimum atomic E-state index is -1.83. The largest absolute Gasteiger partial charge is 0.474 e. The topological polar surface area (TPSA) is 51.5 Å². The van der Waals surface area contributed by atoms with E-state index in [-0.39, 0.29) is 24.5 Å². The van der Waals surface area contributed by atoms with Crippen LogP contribution in [0.4, 0.5) is 0 Å². The normalized spacial score (nSPS) is 29.5. The highest BCUT2D eigenvalue weighted by Gasteiger charge is 2.39. The van der Waals surface area contributed by atoms with Gasteiger partial charge in [-0.3, -0.25) is 5.41 Å². The van der Waals surface area contributed by atoms with Crippen molar-refractivity contribution >= 4 is 40.7 Å². The lowest BCUT2D eigenvalue weighted by Crippen LogP contribution is -2.29. The van der Waals surface area contributed by atoms with E-state index in [1.165, 1.54) is 11.1 Å². The van der Waals surface area contributed by atoms with Crippen LogP contribution in [0.5, 0.6) is 0 Å². The number of hydrogen-bond acceptors (Lipinski definition) is 4. The van der Waals surface area contributed by atoms with E-state index in [1.807, 2.05) is 19.9 Å². The van der Waals surface area contributed by atoms with Crippen molar-refractivity contribution in [1.82, 2.24) is 0 Å². The maximum atomic E-state index is 7.55. The van der Waals surface area contributed by atoms with Gasteiger partial charge in [-0.15, -0.1) is 0 Å². The molecule has 2 aliphatic rings. The lowest BCUT2D eigenvalue weighted by Gasteiger charge is -2.29. The highest BCUT2D eigenvalue weighted by molar-refractivity contribution is 6.76. The van der Waals surface area contributed by atoms with E-state index in [0.29, 0.717) is 6.61 Å². The molecule has 1 saturated heterocycles.